The Morgan fingerprint density at radius 3 is 2.22 bits per heavy atom. The van der Waals surface area contributed by atoms with Gasteiger partial charge in [-0.05, 0) is 64.1 Å². The second-order valence-electron chi connectivity index (χ2n) is 7.16. The molecule has 2 heterocycles. The maximum absolute atomic E-state index is 13.7. The van der Waals surface area contributed by atoms with Gasteiger partial charge in [-0.1, -0.05) is 52.3 Å². The second-order valence-corrected chi connectivity index (χ2v) is 9.91. The number of fused-ring (bicyclic) bond motifs is 1. The summed E-state index contributed by atoms with van der Waals surface area (Å²) in [5, 5.41) is 0.507. The highest BCUT2D eigenvalue weighted by Crippen LogP contribution is 2.48. The van der Waals surface area contributed by atoms with Crippen LogP contribution in [0.3, 0.4) is 0 Å². The number of rotatable bonds is 2. The molecule has 0 radical (unpaired) electrons. The number of nitrogens with zero attached hydrogens (tertiary/aromatic N) is 3. The number of anilines is 2. The fourth-order valence-corrected chi connectivity index (χ4v) is 6.30. The Balaban J connectivity index is 1.72. The Morgan fingerprint density at radius 1 is 0.875 bits per heavy atom. The lowest BCUT2D eigenvalue weighted by molar-refractivity contribution is -0.115. The van der Waals surface area contributed by atoms with Crippen LogP contribution in [-0.2, 0) is 9.59 Å². The molecule has 3 aromatic rings. The molecule has 0 spiro atoms. The predicted octanol–water partition coefficient (Wildman–Crippen LogP) is 6.37. The van der Waals surface area contributed by atoms with E-state index in [0.717, 1.165) is 20.3 Å². The van der Waals surface area contributed by atoms with E-state index in [0.29, 0.717) is 26.9 Å². The minimum atomic E-state index is -0.267. The fraction of sp³-hybridized carbons (Fsp3) is 0.0417. The van der Waals surface area contributed by atoms with Gasteiger partial charge in [-0.25, -0.2) is 4.99 Å². The van der Waals surface area contributed by atoms with Crippen molar-refractivity contribution in [3.05, 3.63) is 92.2 Å². The Kier molecular flexibility index (Phi) is 5.53. The molecule has 5 rings (SSSR count). The van der Waals surface area contributed by atoms with Crippen molar-refractivity contribution in [1.29, 1.82) is 0 Å². The minimum absolute atomic E-state index is 0.219. The summed E-state index contributed by atoms with van der Waals surface area (Å²) in [7, 11) is 1.71. The van der Waals surface area contributed by atoms with Gasteiger partial charge in [0, 0.05) is 21.6 Å². The third kappa shape index (κ3) is 3.52. The number of carbonyl (C=O) groups excluding carboxylic acids is 2. The van der Waals surface area contributed by atoms with Gasteiger partial charge >= 0.3 is 0 Å². The van der Waals surface area contributed by atoms with E-state index in [4.69, 9.17) is 4.99 Å². The van der Waals surface area contributed by atoms with Gasteiger partial charge in [0.2, 0.25) is 0 Å². The van der Waals surface area contributed by atoms with E-state index in [1.165, 1.54) is 11.8 Å². The molecule has 1 fully saturated rings. The molecule has 2 amide bonds. The number of carbonyl (C=O) groups is 2. The lowest BCUT2D eigenvalue weighted by Crippen LogP contribution is -2.29. The van der Waals surface area contributed by atoms with Crippen LogP contribution in [-0.4, -0.2) is 24.0 Å². The molecule has 0 atom stereocenters. The average molecular weight is 569 g/mol. The van der Waals surface area contributed by atoms with Crippen molar-refractivity contribution in [2.45, 2.75) is 0 Å². The number of benzene rings is 3. The minimum Gasteiger partial charge on any atom is -0.310 e. The molecule has 0 unspecified atom stereocenters. The third-order valence-corrected chi connectivity index (χ3v) is 7.26. The first kappa shape index (κ1) is 21.2. The molecular weight excluding hydrogens is 554 g/mol. The monoisotopic (exact) mass is 567 g/mol. The molecule has 0 aromatic heterocycles. The first-order chi connectivity index (χ1) is 15.5. The summed E-state index contributed by atoms with van der Waals surface area (Å²) in [4.78, 5) is 35.2. The average Bonchev–Trinajstić information content (AvgIpc) is 3.22. The van der Waals surface area contributed by atoms with Crippen LogP contribution in [0.5, 0.6) is 0 Å². The molecule has 3 aromatic carbocycles. The van der Waals surface area contributed by atoms with E-state index in [1.807, 2.05) is 72.8 Å². The molecule has 0 bridgehead atoms. The number of likely N-dealkylation sites (N-methyl/N-ethyl adjacent to an activating group) is 1. The summed E-state index contributed by atoms with van der Waals surface area (Å²) in [6.07, 6.45) is 0. The topological polar surface area (TPSA) is 53.0 Å². The van der Waals surface area contributed by atoms with Gasteiger partial charge < -0.3 is 4.90 Å². The quantitative estimate of drug-likeness (QED) is 0.338. The highest BCUT2D eigenvalue weighted by Gasteiger charge is 2.43. The molecule has 2 aliphatic rings. The first-order valence-corrected chi connectivity index (χ1v) is 12.1. The summed E-state index contributed by atoms with van der Waals surface area (Å²) in [6.45, 7) is 0. The van der Waals surface area contributed by atoms with Crippen LogP contribution in [0.15, 0.2) is 91.6 Å². The summed E-state index contributed by atoms with van der Waals surface area (Å²) < 4.78 is 1.60. The molecule has 0 N–H and O–H groups in total. The lowest BCUT2D eigenvalue weighted by atomic mass is 10.1. The predicted molar refractivity (Wildman–Crippen MR) is 137 cm³/mol. The van der Waals surface area contributed by atoms with Gasteiger partial charge in [0.25, 0.3) is 11.8 Å². The number of amidine groups is 1. The normalized spacial score (nSPS) is 19.3. The number of hydrogen-bond donors (Lipinski definition) is 0. The van der Waals surface area contributed by atoms with E-state index in [1.54, 1.807) is 16.8 Å². The van der Waals surface area contributed by atoms with Gasteiger partial charge in [-0.15, -0.1) is 0 Å². The molecular formula is C24H15Br2N3O2S. The molecule has 5 nitrogen and oxygen atoms in total. The zero-order chi connectivity index (χ0) is 22.4. The zero-order valence-corrected chi connectivity index (χ0v) is 20.7. The van der Waals surface area contributed by atoms with Crippen molar-refractivity contribution in [2.75, 3.05) is 16.8 Å². The summed E-state index contributed by atoms with van der Waals surface area (Å²) in [5.41, 5.74) is 3.27. The second kappa shape index (κ2) is 8.35. The number of halogens is 2. The zero-order valence-electron chi connectivity index (χ0n) is 16.8. The summed E-state index contributed by atoms with van der Waals surface area (Å²) in [6, 6.07) is 22.6. The Labute approximate surface area is 206 Å². The highest BCUT2D eigenvalue weighted by atomic mass is 79.9. The van der Waals surface area contributed by atoms with E-state index >= 15 is 0 Å². The van der Waals surface area contributed by atoms with Crippen molar-refractivity contribution >= 4 is 83.2 Å². The van der Waals surface area contributed by atoms with Gasteiger partial charge in [0.15, 0.2) is 5.17 Å². The number of thioether (sulfide) groups is 1. The maximum atomic E-state index is 13.7. The van der Waals surface area contributed by atoms with Gasteiger partial charge in [0.1, 0.15) is 0 Å². The molecule has 1 saturated heterocycles. The molecule has 32 heavy (non-hydrogen) atoms. The van der Waals surface area contributed by atoms with Crippen LogP contribution >= 0.6 is 43.6 Å². The van der Waals surface area contributed by atoms with E-state index < -0.39 is 0 Å². The Morgan fingerprint density at radius 2 is 1.53 bits per heavy atom. The maximum Gasteiger partial charge on any atom is 0.272 e. The number of amides is 2. The van der Waals surface area contributed by atoms with Crippen molar-refractivity contribution < 1.29 is 9.59 Å². The largest absolute Gasteiger partial charge is 0.310 e. The van der Waals surface area contributed by atoms with Crippen LogP contribution in [0.4, 0.5) is 17.1 Å². The number of para-hydroxylation sites is 2. The molecule has 0 saturated carbocycles. The first-order valence-electron chi connectivity index (χ1n) is 9.68. The van der Waals surface area contributed by atoms with Gasteiger partial charge in [-0.2, -0.15) is 0 Å². The van der Waals surface area contributed by atoms with Crippen LogP contribution < -0.4 is 9.80 Å². The number of hydrogen-bond acceptors (Lipinski definition) is 4. The Hall–Kier alpha value is -2.68. The van der Waals surface area contributed by atoms with Crippen molar-refractivity contribution in [2.24, 2.45) is 4.99 Å². The standard InChI is InChI=1S/C24H15Br2N3O2S/c1-28-20-17(12-14(25)13-18(20)26)19(22(28)30)21-23(31)29(16-10-6-3-7-11-16)24(32-21)27-15-8-4-2-5-9-15/h2-13H,1H3. The summed E-state index contributed by atoms with van der Waals surface area (Å²) >= 11 is 8.28. The van der Waals surface area contributed by atoms with Crippen LogP contribution in [0, 0.1) is 0 Å². The van der Waals surface area contributed by atoms with Gasteiger partial charge in [0.05, 0.1) is 27.5 Å². The van der Waals surface area contributed by atoms with Crippen LogP contribution in [0.2, 0.25) is 0 Å². The molecule has 2 aliphatic heterocycles. The van der Waals surface area contributed by atoms with Gasteiger partial charge in [-0.3, -0.25) is 14.5 Å². The SMILES string of the molecule is CN1C(=O)C(=C2SC(=Nc3ccccc3)N(c3ccccc3)C2=O)c2cc(Br)cc(Br)c21. The van der Waals surface area contributed by atoms with E-state index in [-0.39, 0.29) is 11.8 Å². The van der Waals surface area contributed by atoms with Crippen molar-refractivity contribution in [1.82, 2.24) is 0 Å². The fourth-order valence-electron chi connectivity index (χ4n) is 3.72. The van der Waals surface area contributed by atoms with E-state index in [9.17, 15) is 9.59 Å². The molecule has 0 aliphatic carbocycles. The molecule has 8 heteroatoms. The number of aliphatic imine (C=N–C) groups is 1. The van der Waals surface area contributed by atoms with Crippen LogP contribution in [0.25, 0.3) is 5.57 Å². The highest BCUT2D eigenvalue weighted by molar-refractivity contribution is 9.11. The van der Waals surface area contributed by atoms with Crippen LogP contribution in [0.1, 0.15) is 5.56 Å². The van der Waals surface area contributed by atoms with E-state index in [2.05, 4.69) is 31.9 Å². The Bertz CT molecular complexity index is 1320. The van der Waals surface area contributed by atoms with Crippen molar-refractivity contribution in [3.63, 3.8) is 0 Å². The summed E-state index contributed by atoms with van der Waals surface area (Å²) in [5.74, 6) is -0.486. The lowest BCUT2D eigenvalue weighted by Gasteiger charge is -2.15. The smallest absolute Gasteiger partial charge is 0.272 e. The third-order valence-electron chi connectivity index (χ3n) is 5.16. The molecule has 158 valence electrons. The van der Waals surface area contributed by atoms with Crippen molar-refractivity contribution in [3.8, 4) is 0 Å².